The standard InChI is InChI=1S/C11H22N2O3S/c1-9(7-12)4-5-11(14)13-10-3-2-6-17(15,16)8-10/h9-10H,2-8,12H2,1H3,(H,13,14). The summed E-state index contributed by atoms with van der Waals surface area (Å²) in [5, 5.41) is 2.80. The van der Waals surface area contributed by atoms with Crippen LogP contribution in [0.2, 0.25) is 0 Å². The SMILES string of the molecule is CC(CN)CCC(=O)NC1CCCS(=O)(=O)C1. The molecule has 5 nitrogen and oxygen atoms in total. The summed E-state index contributed by atoms with van der Waals surface area (Å²) in [4.78, 5) is 11.6. The lowest BCUT2D eigenvalue weighted by Gasteiger charge is -2.23. The maximum Gasteiger partial charge on any atom is 0.220 e. The summed E-state index contributed by atoms with van der Waals surface area (Å²) in [6.45, 7) is 2.57. The van der Waals surface area contributed by atoms with Crippen molar-refractivity contribution in [3.63, 3.8) is 0 Å². The maximum atomic E-state index is 11.6. The summed E-state index contributed by atoms with van der Waals surface area (Å²) >= 11 is 0. The van der Waals surface area contributed by atoms with Crippen LogP contribution in [0.25, 0.3) is 0 Å². The molecule has 17 heavy (non-hydrogen) atoms. The van der Waals surface area contributed by atoms with Gasteiger partial charge in [0.05, 0.1) is 11.5 Å². The quantitative estimate of drug-likeness (QED) is 0.733. The van der Waals surface area contributed by atoms with Crippen molar-refractivity contribution >= 4 is 15.7 Å². The van der Waals surface area contributed by atoms with E-state index in [2.05, 4.69) is 5.32 Å². The zero-order chi connectivity index (χ0) is 12.9. The number of rotatable bonds is 5. The molecule has 100 valence electrons. The van der Waals surface area contributed by atoms with Crippen molar-refractivity contribution in [2.75, 3.05) is 18.1 Å². The van der Waals surface area contributed by atoms with Gasteiger partial charge < -0.3 is 11.1 Å². The highest BCUT2D eigenvalue weighted by Gasteiger charge is 2.25. The molecule has 0 aromatic heterocycles. The highest BCUT2D eigenvalue weighted by atomic mass is 32.2. The van der Waals surface area contributed by atoms with E-state index >= 15 is 0 Å². The molecule has 2 atom stereocenters. The van der Waals surface area contributed by atoms with Gasteiger partial charge in [-0.3, -0.25) is 4.79 Å². The predicted octanol–water partition coefficient (Wildman–Crippen LogP) is 0.0548. The van der Waals surface area contributed by atoms with Crippen molar-refractivity contribution in [2.24, 2.45) is 11.7 Å². The molecule has 1 aliphatic rings. The number of hydrogen-bond acceptors (Lipinski definition) is 4. The lowest BCUT2D eigenvalue weighted by Crippen LogP contribution is -2.43. The number of nitrogens with one attached hydrogen (secondary N) is 1. The van der Waals surface area contributed by atoms with E-state index in [0.29, 0.717) is 25.3 Å². The first-order valence-electron chi connectivity index (χ1n) is 6.13. The molecule has 6 heteroatoms. The Bertz CT molecular complexity index is 354. The van der Waals surface area contributed by atoms with Gasteiger partial charge in [0.15, 0.2) is 9.84 Å². The Kier molecular flexibility index (Phi) is 5.39. The molecule has 1 fully saturated rings. The fraction of sp³-hybridized carbons (Fsp3) is 0.909. The van der Waals surface area contributed by atoms with Crippen molar-refractivity contribution < 1.29 is 13.2 Å². The van der Waals surface area contributed by atoms with Crippen LogP contribution >= 0.6 is 0 Å². The predicted molar refractivity (Wildman–Crippen MR) is 67.3 cm³/mol. The molecule has 0 saturated carbocycles. The highest BCUT2D eigenvalue weighted by Crippen LogP contribution is 2.12. The molecule has 0 aliphatic carbocycles. The molecule has 1 aliphatic heterocycles. The first-order valence-corrected chi connectivity index (χ1v) is 7.95. The largest absolute Gasteiger partial charge is 0.352 e. The van der Waals surface area contributed by atoms with Crippen LogP contribution in [0.15, 0.2) is 0 Å². The van der Waals surface area contributed by atoms with E-state index in [1.807, 2.05) is 6.92 Å². The summed E-state index contributed by atoms with van der Waals surface area (Å²) < 4.78 is 22.8. The monoisotopic (exact) mass is 262 g/mol. The Labute approximate surface area is 103 Å². The number of amides is 1. The van der Waals surface area contributed by atoms with E-state index in [-0.39, 0.29) is 23.5 Å². The van der Waals surface area contributed by atoms with Crippen LogP contribution < -0.4 is 11.1 Å². The third kappa shape index (κ3) is 5.50. The average Bonchev–Trinajstić information content (AvgIpc) is 2.24. The highest BCUT2D eigenvalue weighted by molar-refractivity contribution is 7.91. The summed E-state index contributed by atoms with van der Waals surface area (Å²) in [5.41, 5.74) is 5.47. The molecule has 0 radical (unpaired) electrons. The van der Waals surface area contributed by atoms with E-state index in [1.54, 1.807) is 0 Å². The normalized spacial score (nSPS) is 25.2. The van der Waals surface area contributed by atoms with Gasteiger partial charge in [-0.05, 0) is 31.7 Å². The lowest BCUT2D eigenvalue weighted by atomic mass is 10.1. The Morgan fingerprint density at radius 2 is 2.24 bits per heavy atom. The molecule has 0 aromatic rings. The van der Waals surface area contributed by atoms with Crippen LogP contribution in [0.5, 0.6) is 0 Å². The molecule has 1 heterocycles. The Balaban J connectivity index is 2.31. The van der Waals surface area contributed by atoms with Crippen LogP contribution in [0.1, 0.15) is 32.6 Å². The maximum absolute atomic E-state index is 11.6. The van der Waals surface area contributed by atoms with Crippen molar-refractivity contribution in [3.05, 3.63) is 0 Å². The molecular weight excluding hydrogens is 240 g/mol. The van der Waals surface area contributed by atoms with Crippen LogP contribution in [0.3, 0.4) is 0 Å². The lowest BCUT2D eigenvalue weighted by molar-refractivity contribution is -0.122. The van der Waals surface area contributed by atoms with Crippen molar-refractivity contribution in [2.45, 2.75) is 38.6 Å². The average molecular weight is 262 g/mol. The topological polar surface area (TPSA) is 89.3 Å². The fourth-order valence-corrected chi connectivity index (χ4v) is 3.57. The smallest absolute Gasteiger partial charge is 0.220 e. The van der Waals surface area contributed by atoms with E-state index in [4.69, 9.17) is 5.73 Å². The molecule has 2 unspecified atom stereocenters. The third-order valence-corrected chi connectivity index (χ3v) is 4.92. The van der Waals surface area contributed by atoms with Crippen LogP contribution in [-0.2, 0) is 14.6 Å². The Hall–Kier alpha value is -0.620. The minimum atomic E-state index is -2.95. The minimum Gasteiger partial charge on any atom is -0.352 e. The van der Waals surface area contributed by atoms with Crippen LogP contribution in [0, 0.1) is 5.92 Å². The molecule has 0 bridgehead atoms. The minimum absolute atomic E-state index is 0.0626. The van der Waals surface area contributed by atoms with Crippen LogP contribution in [0.4, 0.5) is 0 Å². The van der Waals surface area contributed by atoms with E-state index in [1.165, 1.54) is 0 Å². The number of hydrogen-bond donors (Lipinski definition) is 2. The van der Waals surface area contributed by atoms with Gasteiger partial charge >= 0.3 is 0 Å². The number of sulfone groups is 1. The Morgan fingerprint density at radius 3 is 2.82 bits per heavy atom. The van der Waals surface area contributed by atoms with E-state index in [0.717, 1.165) is 12.8 Å². The molecule has 0 spiro atoms. The second kappa shape index (κ2) is 6.35. The summed E-state index contributed by atoms with van der Waals surface area (Å²) in [6.07, 6.45) is 2.58. The van der Waals surface area contributed by atoms with Gasteiger partial charge in [0.1, 0.15) is 0 Å². The number of carbonyl (C=O) groups is 1. The number of nitrogens with two attached hydrogens (primary N) is 1. The third-order valence-electron chi connectivity index (χ3n) is 3.09. The zero-order valence-corrected chi connectivity index (χ0v) is 11.1. The first kappa shape index (κ1) is 14.4. The van der Waals surface area contributed by atoms with Crippen LogP contribution in [-0.4, -0.2) is 38.4 Å². The number of carbonyl (C=O) groups excluding carboxylic acids is 1. The van der Waals surface area contributed by atoms with Gasteiger partial charge in [-0.1, -0.05) is 6.92 Å². The van der Waals surface area contributed by atoms with Gasteiger partial charge in [-0.2, -0.15) is 0 Å². The second-order valence-corrected chi connectivity index (χ2v) is 7.13. The van der Waals surface area contributed by atoms with Crippen molar-refractivity contribution in [1.29, 1.82) is 0 Å². The summed E-state index contributed by atoms with van der Waals surface area (Å²) in [5.74, 6) is 0.609. The molecule has 3 N–H and O–H groups in total. The Morgan fingerprint density at radius 1 is 1.53 bits per heavy atom. The van der Waals surface area contributed by atoms with E-state index < -0.39 is 9.84 Å². The molecule has 1 rings (SSSR count). The fourth-order valence-electron chi connectivity index (χ4n) is 1.93. The van der Waals surface area contributed by atoms with E-state index in [9.17, 15) is 13.2 Å². The van der Waals surface area contributed by atoms with Crippen molar-refractivity contribution in [1.82, 2.24) is 5.32 Å². The molecule has 0 aromatic carbocycles. The van der Waals surface area contributed by atoms with Gasteiger partial charge in [0.2, 0.25) is 5.91 Å². The summed E-state index contributed by atoms with van der Waals surface area (Å²) in [7, 11) is -2.95. The molecular formula is C11H22N2O3S. The van der Waals surface area contributed by atoms with Gasteiger partial charge in [-0.15, -0.1) is 0 Å². The second-order valence-electron chi connectivity index (χ2n) is 4.90. The van der Waals surface area contributed by atoms with Gasteiger partial charge in [0, 0.05) is 12.5 Å². The summed E-state index contributed by atoms with van der Waals surface area (Å²) in [6, 6.07) is -0.200. The van der Waals surface area contributed by atoms with Crippen molar-refractivity contribution in [3.8, 4) is 0 Å². The molecule has 1 saturated heterocycles. The van der Waals surface area contributed by atoms with Gasteiger partial charge in [0.25, 0.3) is 0 Å². The first-order chi connectivity index (χ1) is 7.93. The zero-order valence-electron chi connectivity index (χ0n) is 10.3. The van der Waals surface area contributed by atoms with Gasteiger partial charge in [-0.25, -0.2) is 8.42 Å². The molecule has 1 amide bonds.